The zero-order valence-corrected chi connectivity index (χ0v) is 18.7. The average molecular weight is 436 g/mol. The highest BCUT2D eigenvalue weighted by Crippen LogP contribution is 2.26. The molecule has 2 aliphatic heterocycles. The number of aliphatic hydroxyl groups is 1. The number of amides is 3. The molecule has 0 bridgehead atoms. The van der Waals surface area contributed by atoms with Crippen molar-refractivity contribution in [1.82, 2.24) is 15.1 Å². The first-order chi connectivity index (χ1) is 15.1. The predicted molar refractivity (Wildman–Crippen MR) is 120 cm³/mol. The molecule has 2 aliphatic rings. The van der Waals surface area contributed by atoms with Gasteiger partial charge in [-0.15, -0.1) is 0 Å². The minimum absolute atomic E-state index is 0.0973. The van der Waals surface area contributed by atoms with Crippen LogP contribution in [0.25, 0.3) is 0 Å². The maximum atomic E-state index is 13.1. The molecule has 0 spiro atoms. The number of hydrogen-bond donors (Lipinski definition) is 2. The lowest BCUT2D eigenvalue weighted by Crippen LogP contribution is -2.56. The Morgan fingerprint density at radius 1 is 1.00 bits per heavy atom. The summed E-state index contributed by atoms with van der Waals surface area (Å²) in [7, 11) is 0. The number of nitrogens with one attached hydrogen (secondary N) is 1. The second kappa shape index (κ2) is 8.48. The van der Waals surface area contributed by atoms with Gasteiger partial charge in [-0.25, -0.2) is 0 Å². The number of nitrogens with zero attached hydrogens (tertiary/aromatic N) is 2. The van der Waals surface area contributed by atoms with Crippen LogP contribution in [-0.4, -0.2) is 63.4 Å². The quantitative estimate of drug-likeness (QED) is 0.701. The molecule has 2 heterocycles. The molecule has 4 rings (SSSR count). The summed E-state index contributed by atoms with van der Waals surface area (Å²) >= 11 is 0. The van der Waals surface area contributed by atoms with Gasteiger partial charge in [0.2, 0.25) is 5.91 Å². The summed E-state index contributed by atoms with van der Waals surface area (Å²) in [5.41, 5.74) is 2.57. The van der Waals surface area contributed by atoms with Crippen molar-refractivity contribution in [3.05, 3.63) is 70.8 Å². The van der Waals surface area contributed by atoms with Crippen molar-refractivity contribution < 1.29 is 19.5 Å². The highest BCUT2D eigenvalue weighted by Gasteiger charge is 2.38. The van der Waals surface area contributed by atoms with Crippen LogP contribution in [0.2, 0.25) is 0 Å². The molecular weight excluding hydrogens is 406 g/mol. The Kier molecular flexibility index (Phi) is 5.88. The molecule has 168 valence electrons. The molecule has 1 unspecified atom stereocenters. The molecule has 2 aromatic rings. The minimum Gasteiger partial charge on any atom is -0.390 e. The van der Waals surface area contributed by atoms with E-state index in [1.54, 1.807) is 24.3 Å². The average Bonchev–Trinajstić information content (AvgIpc) is 2.97. The lowest BCUT2D eigenvalue weighted by molar-refractivity contribution is -0.129. The fourth-order valence-corrected chi connectivity index (χ4v) is 4.42. The summed E-state index contributed by atoms with van der Waals surface area (Å²) in [5.74, 6) is -0.883. The van der Waals surface area contributed by atoms with Gasteiger partial charge in [-0.3, -0.25) is 24.2 Å². The van der Waals surface area contributed by atoms with Crippen LogP contribution < -0.4 is 5.32 Å². The molecule has 0 aliphatic carbocycles. The number of carbonyl (C=O) groups excluding carboxylic acids is 3. The van der Waals surface area contributed by atoms with E-state index in [9.17, 15) is 19.5 Å². The Hall–Kier alpha value is -3.03. The number of benzene rings is 2. The third-order valence-corrected chi connectivity index (χ3v) is 5.86. The van der Waals surface area contributed by atoms with Crippen molar-refractivity contribution in [2.75, 3.05) is 13.1 Å². The number of fused-ring (bicyclic) bond motifs is 2. The number of carbonyl (C=O) groups is 3. The molecule has 0 fully saturated rings. The molecule has 3 amide bonds. The van der Waals surface area contributed by atoms with Gasteiger partial charge >= 0.3 is 0 Å². The highest BCUT2D eigenvalue weighted by atomic mass is 16.3. The molecular formula is C25H29N3O4. The number of aliphatic hydroxyl groups excluding tert-OH is 1. The topological polar surface area (TPSA) is 90.0 Å². The summed E-state index contributed by atoms with van der Waals surface area (Å²) in [5, 5.41) is 13.9. The van der Waals surface area contributed by atoms with Gasteiger partial charge in [-0.1, -0.05) is 36.4 Å². The fourth-order valence-electron chi connectivity index (χ4n) is 4.42. The molecule has 7 nitrogen and oxygen atoms in total. The van der Waals surface area contributed by atoms with Crippen LogP contribution in [0.1, 0.15) is 52.6 Å². The smallest absolute Gasteiger partial charge is 0.261 e. The Bertz CT molecular complexity index is 1020. The van der Waals surface area contributed by atoms with Gasteiger partial charge in [0.25, 0.3) is 11.8 Å². The molecule has 0 saturated carbocycles. The largest absolute Gasteiger partial charge is 0.390 e. The van der Waals surface area contributed by atoms with Crippen LogP contribution in [0.15, 0.2) is 48.5 Å². The van der Waals surface area contributed by atoms with E-state index in [0.717, 1.165) is 16.0 Å². The van der Waals surface area contributed by atoms with E-state index < -0.39 is 24.0 Å². The maximum Gasteiger partial charge on any atom is 0.261 e. The zero-order valence-electron chi connectivity index (χ0n) is 18.7. The van der Waals surface area contributed by atoms with Crippen molar-refractivity contribution in [3.63, 3.8) is 0 Å². The van der Waals surface area contributed by atoms with Crippen LogP contribution in [0.5, 0.6) is 0 Å². The normalized spacial score (nSPS) is 19.5. The lowest BCUT2D eigenvalue weighted by atomic mass is 9.92. The van der Waals surface area contributed by atoms with Gasteiger partial charge in [-0.2, -0.15) is 0 Å². The number of imide groups is 1. The first kappa shape index (κ1) is 22.2. The third kappa shape index (κ3) is 4.45. The Labute approximate surface area is 188 Å². The van der Waals surface area contributed by atoms with Crippen molar-refractivity contribution >= 4 is 17.7 Å². The van der Waals surface area contributed by atoms with Gasteiger partial charge in [0.15, 0.2) is 0 Å². The second-order valence-electron chi connectivity index (χ2n) is 9.58. The Morgan fingerprint density at radius 2 is 1.56 bits per heavy atom. The van der Waals surface area contributed by atoms with Crippen molar-refractivity contribution in [2.45, 2.75) is 51.4 Å². The van der Waals surface area contributed by atoms with Crippen molar-refractivity contribution in [1.29, 1.82) is 0 Å². The lowest BCUT2D eigenvalue weighted by Gasteiger charge is -2.38. The monoisotopic (exact) mass is 435 g/mol. The SMILES string of the molecule is CC(C)(C)NC(=O)[C@@H]1Cc2ccccc2CN1CC(O)CN1C(=O)c2ccccc2C1=O. The van der Waals surface area contributed by atoms with E-state index in [0.29, 0.717) is 24.1 Å². The second-order valence-corrected chi connectivity index (χ2v) is 9.58. The molecule has 0 radical (unpaired) electrons. The number of β-amino-alcohol motifs (C(OH)–C–C–N with tert-alkyl or cyclic N) is 1. The molecule has 32 heavy (non-hydrogen) atoms. The molecule has 2 aromatic carbocycles. The van der Waals surface area contributed by atoms with Gasteiger partial charge in [0, 0.05) is 18.6 Å². The first-order valence-electron chi connectivity index (χ1n) is 10.9. The van der Waals surface area contributed by atoms with E-state index in [2.05, 4.69) is 5.32 Å². The Morgan fingerprint density at radius 3 is 2.16 bits per heavy atom. The van der Waals surface area contributed by atoms with Crippen LogP contribution in [0.3, 0.4) is 0 Å². The molecule has 2 atom stereocenters. The molecule has 0 aromatic heterocycles. The van der Waals surface area contributed by atoms with E-state index in [1.165, 1.54) is 0 Å². The van der Waals surface area contributed by atoms with Gasteiger partial charge in [0.1, 0.15) is 0 Å². The minimum atomic E-state index is -0.979. The van der Waals surface area contributed by atoms with Crippen LogP contribution in [0, 0.1) is 0 Å². The highest BCUT2D eigenvalue weighted by molar-refractivity contribution is 6.21. The number of hydrogen-bond acceptors (Lipinski definition) is 5. The van der Waals surface area contributed by atoms with Gasteiger partial charge < -0.3 is 10.4 Å². The summed E-state index contributed by atoms with van der Waals surface area (Å²) in [4.78, 5) is 41.4. The van der Waals surface area contributed by atoms with E-state index in [-0.39, 0.29) is 24.5 Å². The van der Waals surface area contributed by atoms with E-state index in [4.69, 9.17) is 0 Å². The van der Waals surface area contributed by atoms with Gasteiger partial charge in [0.05, 0.1) is 29.8 Å². The summed E-state index contributed by atoms with van der Waals surface area (Å²) in [6.45, 7) is 6.37. The van der Waals surface area contributed by atoms with Crippen LogP contribution >= 0.6 is 0 Å². The first-order valence-corrected chi connectivity index (χ1v) is 10.9. The number of rotatable bonds is 5. The van der Waals surface area contributed by atoms with Crippen molar-refractivity contribution in [2.24, 2.45) is 0 Å². The van der Waals surface area contributed by atoms with Crippen LogP contribution in [0.4, 0.5) is 0 Å². The molecule has 0 saturated heterocycles. The summed E-state index contributed by atoms with van der Waals surface area (Å²) < 4.78 is 0. The predicted octanol–water partition coefficient (Wildman–Crippen LogP) is 1.99. The molecule has 2 N–H and O–H groups in total. The van der Waals surface area contributed by atoms with Gasteiger partial charge in [-0.05, 0) is 50.5 Å². The van der Waals surface area contributed by atoms with E-state index in [1.807, 2.05) is 49.9 Å². The summed E-state index contributed by atoms with van der Waals surface area (Å²) in [6, 6.07) is 14.2. The zero-order chi connectivity index (χ0) is 23.0. The fraction of sp³-hybridized carbons (Fsp3) is 0.400. The Balaban J connectivity index is 1.50. The standard InChI is InChI=1S/C25H29N3O4/c1-25(2,3)26-22(30)21-12-16-8-4-5-9-17(16)13-27(21)14-18(29)15-28-23(31)19-10-6-7-11-20(19)24(28)32/h4-11,18,21,29H,12-15H2,1-3H3,(H,26,30)/t18?,21-/m0/s1. The van der Waals surface area contributed by atoms with Crippen molar-refractivity contribution in [3.8, 4) is 0 Å². The van der Waals surface area contributed by atoms with Crippen LogP contribution in [-0.2, 0) is 17.8 Å². The third-order valence-electron chi connectivity index (χ3n) is 5.86. The van der Waals surface area contributed by atoms with E-state index >= 15 is 0 Å². The summed E-state index contributed by atoms with van der Waals surface area (Å²) in [6.07, 6.45) is -0.440. The molecule has 7 heteroatoms. The maximum absolute atomic E-state index is 13.1.